The molecule has 0 aromatic heterocycles. The topological polar surface area (TPSA) is 110 Å². The average molecular weight is 395 g/mol. The molecule has 25 heavy (non-hydrogen) atoms. The van der Waals surface area contributed by atoms with Crippen molar-refractivity contribution in [1.82, 2.24) is 0 Å². The Labute approximate surface area is 157 Å². The standard InChI is InChI=1S/C17H27O6S.ClH/c1-11-3-2-4-12(5-11)8-23-15(6-18)13(20)9-24-10-14(21)17(22)16(24)7-19;/h2-5,13-22H,6-10H2,1H3;1H/q+1;/p-1/t13-,14-,15+,16-,17+,24?;/m1./s1. The molecule has 1 aliphatic heterocycles. The Balaban J connectivity index is 0.00000312. The number of hydrogen-bond acceptors (Lipinski definition) is 6. The van der Waals surface area contributed by atoms with E-state index in [9.17, 15) is 25.5 Å². The first-order valence-electron chi connectivity index (χ1n) is 8.05. The summed E-state index contributed by atoms with van der Waals surface area (Å²) in [5.41, 5.74) is 2.07. The maximum Gasteiger partial charge on any atom is 0.169 e. The van der Waals surface area contributed by atoms with Crippen LogP contribution in [0.2, 0.25) is 0 Å². The number of halogens is 1. The Kier molecular flexibility index (Phi) is 9.69. The number of aliphatic hydroxyl groups excluding tert-OH is 5. The van der Waals surface area contributed by atoms with Crippen molar-refractivity contribution in [2.45, 2.75) is 43.2 Å². The molecule has 0 bridgehead atoms. The molecule has 0 saturated carbocycles. The van der Waals surface area contributed by atoms with E-state index in [0.717, 1.165) is 11.1 Å². The third kappa shape index (κ3) is 6.08. The van der Waals surface area contributed by atoms with E-state index in [-0.39, 0.29) is 38.0 Å². The molecular weight excluding hydrogens is 368 g/mol. The molecule has 0 spiro atoms. The van der Waals surface area contributed by atoms with Gasteiger partial charge in [-0.05, 0) is 12.5 Å². The van der Waals surface area contributed by atoms with Crippen molar-refractivity contribution in [2.24, 2.45) is 0 Å². The van der Waals surface area contributed by atoms with Gasteiger partial charge >= 0.3 is 0 Å². The molecule has 1 heterocycles. The highest BCUT2D eigenvalue weighted by molar-refractivity contribution is 7.97. The van der Waals surface area contributed by atoms with Crippen molar-refractivity contribution in [3.8, 4) is 0 Å². The first-order valence-corrected chi connectivity index (χ1v) is 9.68. The molecule has 144 valence electrons. The van der Waals surface area contributed by atoms with Crippen LogP contribution in [0.4, 0.5) is 0 Å². The predicted octanol–water partition coefficient (Wildman–Crippen LogP) is -4.05. The summed E-state index contributed by atoms with van der Waals surface area (Å²) in [5.74, 6) is 0.623. The Morgan fingerprint density at radius 1 is 1.28 bits per heavy atom. The predicted molar refractivity (Wildman–Crippen MR) is 92.8 cm³/mol. The fourth-order valence-electron chi connectivity index (χ4n) is 2.91. The quantitative estimate of drug-likeness (QED) is 0.287. The molecule has 6 atom stereocenters. The summed E-state index contributed by atoms with van der Waals surface area (Å²) in [5, 5.41) is 48.4. The summed E-state index contributed by atoms with van der Waals surface area (Å²) in [6.07, 6.45) is -3.51. The second-order valence-corrected chi connectivity index (χ2v) is 8.59. The lowest BCUT2D eigenvalue weighted by Gasteiger charge is -2.22. The largest absolute Gasteiger partial charge is 1.00 e. The third-order valence-electron chi connectivity index (χ3n) is 4.31. The number of aliphatic hydroxyl groups is 5. The summed E-state index contributed by atoms with van der Waals surface area (Å²) in [6, 6.07) is 7.80. The Bertz CT molecular complexity index is 520. The fraction of sp³-hybridized carbons (Fsp3) is 0.647. The van der Waals surface area contributed by atoms with Crippen molar-refractivity contribution in [3.63, 3.8) is 0 Å². The van der Waals surface area contributed by atoms with E-state index in [1.165, 1.54) is 0 Å². The highest BCUT2D eigenvalue weighted by atomic mass is 35.5. The minimum atomic E-state index is -0.966. The highest BCUT2D eigenvalue weighted by Gasteiger charge is 2.50. The number of ether oxygens (including phenoxy) is 1. The van der Waals surface area contributed by atoms with Crippen molar-refractivity contribution in [1.29, 1.82) is 0 Å². The van der Waals surface area contributed by atoms with Gasteiger partial charge in [0.2, 0.25) is 0 Å². The van der Waals surface area contributed by atoms with E-state index < -0.39 is 40.6 Å². The second kappa shape index (κ2) is 10.7. The zero-order valence-electron chi connectivity index (χ0n) is 14.2. The average Bonchev–Trinajstić information content (AvgIpc) is 2.81. The van der Waals surface area contributed by atoms with Gasteiger partial charge in [0.25, 0.3) is 0 Å². The number of aryl methyl sites for hydroxylation is 1. The normalized spacial score (nSPS) is 28.4. The summed E-state index contributed by atoms with van der Waals surface area (Å²) in [6.45, 7) is 1.71. The maximum absolute atomic E-state index is 10.4. The Morgan fingerprint density at radius 2 is 2.00 bits per heavy atom. The number of rotatable bonds is 8. The summed E-state index contributed by atoms with van der Waals surface area (Å²) < 4.78 is 5.64. The molecule has 5 N–H and O–H groups in total. The van der Waals surface area contributed by atoms with Crippen LogP contribution < -0.4 is 12.4 Å². The molecule has 0 radical (unpaired) electrons. The van der Waals surface area contributed by atoms with Gasteiger partial charge in [-0.1, -0.05) is 29.8 Å². The van der Waals surface area contributed by atoms with Crippen LogP contribution in [0.25, 0.3) is 0 Å². The second-order valence-electron chi connectivity index (χ2n) is 6.24. The molecule has 1 unspecified atom stereocenters. The van der Waals surface area contributed by atoms with Gasteiger partial charge in [-0.15, -0.1) is 0 Å². The van der Waals surface area contributed by atoms with Gasteiger partial charge in [0.1, 0.15) is 35.9 Å². The van der Waals surface area contributed by atoms with Gasteiger partial charge in [0, 0.05) is 10.9 Å². The van der Waals surface area contributed by atoms with E-state index in [2.05, 4.69) is 0 Å². The molecule has 0 amide bonds. The summed E-state index contributed by atoms with van der Waals surface area (Å²) in [4.78, 5) is 0. The molecule has 1 aromatic carbocycles. The van der Waals surface area contributed by atoms with Crippen molar-refractivity contribution >= 4 is 10.9 Å². The number of hydrogen-bond donors (Lipinski definition) is 5. The lowest BCUT2D eigenvalue weighted by Crippen LogP contribution is -3.00. The zero-order valence-corrected chi connectivity index (χ0v) is 15.7. The van der Waals surface area contributed by atoms with Crippen LogP contribution in [0.3, 0.4) is 0 Å². The third-order valence-corrected chi connectivity index (χ3v) is 7.13. The van der Waals surface area contributed by atoms with E-state index in [1.807, 2.05) is 31.2 Å². The van der Waals surface area contributed by atoms with Gasteiger partial charge in [-0.25, -0.2) is 0 Å². The lowest BCUT2D eigenvalue weighted by atomic mass is 10.1. The van der Waals surface area contributed by atoms with Crippen LogP contribution in [0.1, 0.15) is 11.1 Å². The minimum Gasteiger partial charge on any atom is -1.00 e. The summed E-state index contributed by atoms with van der Waals surface area (Å²) in [7, 11) is -0.520. The van der Waals surface area contributed by atoms with Gasteiger partial charge in [0.05, 0.1) is 19.8 Å². The molecule has 8 heteroatoms. The van der Waals surface area contributed by atoms with E-state index in [4.69, 9.17) is 4.74 Å². The van der Waals surface area contributed by atoms with Gasteiger partial charge in [-0.3, -0.25) is 0 Å². The van der Waals surface area contributed by atoms with E-state index in [1.54, 1.807) is 0 Å². The van der Waals surface area contributed by atoms with Crippen LogP contribution in [-0.4, -0.2) is 79.9 Å². The van der Waals surface area contributed by atoms with Crippen LogP contribution in [0, 0.1) is 6.92 Å². The van der Waals surface area contributed by atoms with Crippen LogP contribution >= 0.6 is 0 Å². The van der Waals surface area contributed by atoms with Gasteiger partial charge < -0.3 is 42.7 Å². The van der Waals surface area contributed by atoms with Crippen LogP contribution in [0.5, 0.6) is 0 Å². The molecular formula is C17H27ClO6S. The Hall–Kier alpha value is -0.380. The molecule has 0 aliphatic carbocycles. The van der Waals surface area contributed by atoms with Gasteiger partial charge in [0.15, 0.2) is 5.25 Å². The first kappa shape index (κ1) is 22.7. The molecule has 1 saturated heterocycles. The molecule has 2 rings (SSSR count). The molecule has 1 aliphatic rings. The smallest absolute Gasteiger partial charge is 0.169 e. The van der Waals surface area contributed by atoms with E-state index >= 15 is 0 Å². The molecule has 6 nitrogen and oxygen atoms in total. The maximum atomic E-state index is 10.4. The SMILES string of the molecule is Cc1cccc(CO[C@@H](CO)[C@H](O)C[S+]2C[C@@H](O)[C@H](O)[C@H]2CO)c1.[Cl-]. The van der Waals surface area contributed by atoms with Crippen LogP contribution in [-0.2, 0) is 22.2 Å². The lowest BCUT2D eigenvalue weighted by molar-refractivity contribution is -0.0623. The highest BCUT2D eigenvalue weighted by Crippen LogP contribution is 2.25. The van der Waals surface area contributed by atoms with Crippen molar-refractivity contribution in [3.05, 3.63) is 35.4 Å². The zero-order chi connectivity index (χ0) is 17.7. The van der Waals surface area contributed by atoms with Gasteiger partial charge in [-0.2, -0.15) is 0 Å². The van der Waals surface area contributed by atoms with E-state index in [0.29, 0.717) is 5.75 Å². The first-order chi connectivity index (χ1) is 11.5. The Morgan fingerprint density at radius 3 is 2.60 bits per heavy atom. The van der Waals surface area contributed by atoms with Crippen molar-refractivity contribution < 1.29 is 42.7 Å². The summed E-state index contributed by atoms with van der Waals surface area (Å²) >= 11 is 0. The number of benzene rings is 1. The molecule has 1 aromatic rings. The van der Waals surface area contributed by atoms with Crippen LogP contribution in [0.15, 0.2) is 24.3 Å². The fourth-order valence-corrected chi connectivity index (χ4v) is 5.62. The minimum absolute atomic E-state index is 0. The monoisotopic (exact) mass is 394 g/mol. The molecule has 1 fully saturated rings. The van der Waals surface area contributed by atoms with Crippen molar-refractivity contribution in [2.75, 3.05) is 24.7 Å².